The van der Waals surface area contributed by atoms with Crippen molar-refractivity contribution >= 4 is 50.6 Å². The van der Waals surface area contributed by atoms with Gasteiger partial charge in [-0.05, 0) is 50.8 Å². The van der Waals surface area contributed by atoms with Gasteiger partial charge in [0, 0.05) is 14.5 Å². The molecular weight excluding hydrogens is 864 g/mol. The molecule has 7 rings (SSSR count). The van der Waals surface area contributed by atoms with Crippen LogP contribution < -0.4 is 10.4 Å². The largest absolute Gasteiger partial charge is 0.404 e. The van der Waals surface area contributed by atoms with Crippen LogP contribution in [0, 0.1) is 0 Å². The van der Waals surface area contributed by atoms with Crippen molar-refractivity contribution in [3.63, 3.8) is 0 Å². The second-order valence-corrected chi connectivity index (χ2v) is 21.4. The van der Waals surface area contributed by atoms with Gasteiger partial charge in [-0.2, -0.15) is 0 Å². The van der Waals surface area contributed by atoms with E-state index in [-0.39, 0.29) is 11.6 Å². The Morgan fingerprint density at radius 1 is 0.614 bits per heavy atom. The summed E-state index contributed by atoms with van der Waals surface area (Å²) >= 11 is 7.10. The number of rotatable bonds is 15. The normalized spacial score (nSPS) is 22.7. The van der Waals surface area contributed by atoms with Gasteiger partial charge in [0.2, 0.25) is 0 Å². The van der Waals surface area contributed by atoms with Crippen LogP contribution in [-0.2, 0) is 46.1 Å². The van der Waals surface area contributed by atoms with Crippen molar-refractivity contribution in [1.82, 2.24) is 0 Å². The third-order valence-electron chi connectivity index (χ3n) is 10.4. The molecule has 0 N–H and O–H groups in total. The summed E-state index contributed by atoms with van der Waals surface area (Å²) in [7, 11) is -2.69. The molecule has 5 aromatic rings. The third-order valence-corrected chi connectivity index (χ3v) is 16.5. The molecule has 7 nitrogen and oxygen atoms in total. The van der Waals surface area contributed by atoms with Crippen molar-refractivity contribution in [2.24, 2.45) is 0 Å². The Balaban J connectivity index is 1.11. The molecule has 2 heterocycles. The lowest BCUT2D eigenvalue weighted by Gasteiger charge is -2.49. The fraction of sp³-hybridized carbons (Fsp3) is 0.319. The molecule has 0 radical (unpaired) electrons. The number of halogens is 2. The van der Waals surface area contributed by atoms with Crippen LogP contribution in [0.1, 0.15) is 43.8 Å². The summed E-state index contributed by atoms with van der Waals surface area (Å²) in [6.07, 6.45) is 0.617. The van der Waals surface area contributed by atoms with E-state index in [9.17, 15) is 0 Å². The highest BCUT2D eigenvalue weighted by atomic mass is 79.9. The van der Waals surface area contributed by atoms with Crippen LogP contribution >= 0.6 is 31.9 Å². The summed E-state index contributed by atoms with van der Waals surface area (Å²) < 4.78 is 48.7. The van der Waals surface area contributed by atoms with Gasteiger partial charge >= 0.3 is 0 Å². The summed E-state index contributed by atoms with van der Waals surface area (Å²) in [5, 5.41) is 2.36. The standard InChI is InChI=1S/C47H50Br2O7Si/c1-47(2,3)57(39-17-9-5-10-18-39,40-19-11-6-12-20-40)54-30-14-13-29-50-46-44(52-32-35-23-27-38(49)28-24-35)43(51-31-34-21-25-37(48)26-22-34)42-41(55-46)33-53-45(56-42)36-15-7-4-8-16-36/h4-28,41-46H,29-33H2,1-3H3/b14-13-/t41-,42-,43+,44+,45?,46-/m1/s1. The Hall–Kier alpha value is -3.26. The van der Waals surface area contributed by atoms with E-state index >= 15 is 0 Å². The minimum atomic E-state index is -2.69. The molecule has 57 heavy (non-hydrogen) atoms. The molecular formula is C47H50Br2O7Si. The van der Waals surface area contributed by atoms with E-state index in [1.807, 2.05) is 91.0 Å². The average Bonchev–Trinajstić information content (AvgIpc) is 3.23. The number of hydrogen-bond donors (Lipinski definition) is 0. The maximum Gasteiger partial charge on any atom is 0.261 e. The van der Waals surface area contributed by atoms with Gasteiger partial charge < -0.3 is 32.8 Å². The molecule has 0 amide bonds. The maximum absolute atomic E-state index is 7.07. The third kappa shape index (κ3) is 10.3. The van der Waals surface area contributed by atoms with Crippen molar-refractivity contribution < 1.29 is 32.8 Å². The van der Waals surface area contributed by atoms with Crippen LogP contribution in [0.3, 0.4) is 0 Å². The SMILES string of the molecule is CC(C)(C)[Si](OC/C=C\CO[C@@H]1O[C@@H]2COC(c3ccccc3)O[C@H]2[C@H](OCc2ccc(Br)cc2)[C@@H]1OCc1ccc(Br)cc1)(c1ccccc1)c1ccccc1. The van der Waals surface area contributed by atoms with Crippen LogP contribution in [0.4, 0.5) is 0 Å². The minimum Gasteiger partial charge on any atom is -0.404 e. The first-order chi connectivity index (χ1) is 27.7. The van der Waals surface area contributed by atoms with Gasteiger partial charge in [0.1, 0.15) is 24.4 Å². The van der Waals surface area contributed by atoms with Crippen LogP contribution in [0.25, 0.3) is 0 Å². The van der Waals surface area contributed by atoms with E-state index < -0.39 is 45.3 Å². The van der Waals surface area contributed by atoms with Crippen molar-refractivity contribution in [2.75, 3.05) is 19.8 Å². The van der Waals surface area contributed by atoms with E-state index in [4.69, 9.17) is 32.8 Å². The monoisotopic (exact) mass is 912 g/mol. The van der Waals surface area contributed by atoms with E-state index in [0.29, 0.717) is 26.4 Å². The molecule has 0 aromatic heterocycles. The second-order valence-electron chi connectivity index (χ2n) is 15.3. The Morgan fingerprint density at radius 3 is 1.67 bits per heavy atom. The summed E-state index contributed by atoms with van der Waals surface area (Å²) in [6, 6.07) is 47.5. The molecule has 0 spiro atoms. The van der Waals surface area contributed by atoms with Gasteiger partial charge in [-0.25, -0.2) is 0 Å². The van der Waals surface area contributed by atoms with Gasteiger partial charge in [-0.3, -0.25) is 0 Å². The topological polar surface area (TPSA) is 64.6 Å². The number of fused-ring (bicyclic) bond motifs is 1. The predicted octanol–water partition coefficient (Wildman–Crippen LogP) is 9.67. The highest BCUT2D eigenvalue weighted by molar-refractivity contribution is 9.10. The minimum absolute atomic E-state index is 0.124. The zero-order valence-corrected chi connectivity index (χ0v) is 36.7. The lowest BCUT2D eigenvalue weighted by molar-refractivity contribution is -0.371. The van der Waals surface area contributed by atoms with E-state index in [1.165, 1.54) is 10.4 Å². The molecule has 2 saturated heterocycles. The zero-order chi connectivity index (χ0) is 39.7. The van der Waals surface area contributed by atoms with Gasteiger partial charge in [0.15, 0.2) is 12.6 Å². The summed E-state index contributed by atoms with van der Waals surface area (Å²) in [4.78, 5) is 0. The van der Waals surface area contributed by atoms with Crippen LogP contribution in [0.5, 0.6) is 0 Å². The van der Waals surface area contributed by atoms with E-state index in [2.05, 4.69) is 113 Å². The smallest absolute Gasteiger partial charge is 0.261 e. The summed E-state index contributed by atoms with van der Waals surface area (Å²) in [6.45, 7) is 8.54. The molecule has 0 aliphatic carbocycles. The number of hydrogen-bond acceptors (Lipinski definition) is 7. The Labute approximate surface area is 354 Å². The molecule has 2 aliphatic heterocycles. The van der Waals surface area contributed by atoms with Crippen molar-refractivity contribution in [3.8, 4) is 0 Å². The molecule has 2 aliphatic rings. The highest BCUT2D eigenvalue weighted by Crippen LogP contribution is 2.38. The summed E-state index contributed by atoms with van der Waals surface area (Å²) in [5.74, 6) is 0. The first kappa shape index (κ1) is 41.9. The van der Waals surface area contributed by atoms with Crippen molar-refractivity contribution in [1.29, 1.82) is 0 Å². The van der Waals surface area contributed by atoms with Crippen LogP contribution in [0.2, 0.25) is 5.04 Å². The van der Waals surface area contributed by atoms with E-state index in [0.717, 1.165) is 25.6 Å². The molecule has 2 fully saturated rings. The van der Waals surface area contributed by atoms with Gasteiger partial charge in [0.05, 0.1) is 33.0 Å². The Morgan fingerprint density at radius 2 is 1.12 bits per heavy atom. The quantitative estimate of drug-likeness (QED) is 0.0766. The molecule has 0 bridgehead atoms. The first-order valence-corrected chi connectivity index (χ1v) is 22.9. The lowest BCUT2D eigenvalue weighted by Crippen LogP contribution is -2.66. The first-order valence-electron chi connectivity index (χ1n) is 19.4. The summed E-state index contributed by atoms with van der Waals surface area (Å²) in [5.41, 5.74) is 2.97. The number of ether oxygens (including phenoxy) is 6. The van der Waals surface area contributed by atoms with Crippen LogP contribution in [-0.4, -0.2) is 58.8 Å². The molecule has 298 valence electrons. The fourth-order valence-electron chi connectivity index (χ4n) is 7.59. The average molecular weight is 915 g/mol. The molecule has 0 saturated carbocycles. The molecule has 6 atom stereocenters. The van der Waals surface area contributed by atoms with E-state index in [1.54, 1.807) is 0 Å². The van der Waals surface area contributed by atoms with Gasteiger partial charge in [-0.15, -0.1) is 0 Å². The maximum atomic E-state index is 7.07. The molecule has 5 aromatic carbocycles. The molecule has 10 heteroatoms. The Bertz CT molecular complexity index is 1950. The number of benzene rings is 5. The van der Waals surface area contributed by atoms with Crippen LogP contribution in [0.15, 0.2) is 161 Å². The lowest BCUT2D eigenvalue weighted by atomic mass is 9.97. The second kappa shape index (κ2) is 19.7. The zero-order valence-electron chi connectivity index (χ0n) is 32.5. The fourth-order valence-corrected chi connectivity index (χ4v) is 12.6. The van der Waals surface area contributed by atoms with Crippen molar-refractivity contribution in [3.05, 3.63) is 177 Å². The van der Waals surface area contributed by atoms with Gasteiger partial charge in [-0.1, -0.05) is 180 Å². The predicted molar refractivity (Wildman–Crippen MR) is 233 cm³/mol. The van der Waals surface area contributed by atoms with Gasteiger partial charge in [0.25, 0.3) is 8.32 Å². The molecule has 1 unspecified atom stereocenters. The Kier molecular flexibility index (Phi) is 14.4. The highest BCUT2D eigenvalue weighted by Gasteiger charge is 2.52. The van der Waals surface area contributed by atoms with Crippen molar-refractivity contribution in [2.45, 2.75) is 76.0 Å².